The van der Waals surface area contributed by atoms with Crippen molar-refractivity contribution < 1.29 is 13.2 Å². The highest BCUT2D eigenvalue weighted by molar-refractivity contribution is 7.96. The van der Waals surface area contributed by atoms with Gasteiger partial charge in [0.2, 0.25) is 5.91 Å². The van der Waals surface area contributed by atoms with Crippen LogP contribution in [0.1, 0.15) is 32.6 Å². The number of carbonyl (C=O) groups excluding carboxylic acids is 1. The molecule has 0 atom stereocenters. The summed E-state index contributed by atoms with van der Waals surface area (Å²) in [5.41, 5.74) is 0.649. The zero-order valence-corrected chi connectivity index (χ0v) is 13.2. The summed E-state index contributed by atoms with van der Waals surface area (Å²) >= 11 is 5.91. The molecule has 0 spiro atoms. The molecule has 0 aliphatic heterocycles. The third-order valence-electron chi connectivity index (χ3n) is 3.13. The van der Waals surface area contributed by atoms with Crippen molar-refractivity contribution in [2.45, 2.75) is 32.6 Å². The van der Waals surface area contributed by atoms with E-state index in [4.69, 9.17) is 11.6 Å². The highest BCUT2D eigenvalue weighted by atomic mass is 35.5. The van der Waals surface area contributed by atoms with Gasteiger partial charge in [-0.1, -0.05) is 17.7 Å². The first-order valence-corrected chi connectivity index (χ1v) is 8.53. The van der Waals surface area contributed by atoms with E-state index in [0.717, 1.165) is 19.3 Å². The Kier molecular flexibility index (Phi) is 4.90. The van der Waals surface area contributed by atoms with Crippen molar-refractivity contribution >= 4 is 38.9 Å². The Labute approximate surface area is 129 Å². The summed E-state index contributed by atoms with van der Waals surface area (Å²) in [6.07, 6.45) is 4.92. The molecule has 21 heavy (non-hydrogen) atoms. The SMILES string of the molecule is CC(=O)Nc1ccc(Cl)cc1NS(=O)(=O)C1=CCCCC1. The van der Waals surface area contributed by atoms with Gasteiger partial charge in [0.25, 0.3) is 10.0 Å². The maximum atomic E-state index is 12.4. The Hall–Kier alpha value is -1.53. The van der Waals surface area contributed by atoms with Crippen LogP contribution in [0, 0.1) is 0 Å². The van der Waals surface area contributed by atoms with Crippen molar-refractivity contribution in [1.29, 1.82) is 0 Å². The van der Waals surface area contributed by atoms with Crippen molar-refractivity contribution in [2.75, 3.05) is 10.0 Å². The Morgan fingerprint density at radius 3 is 2.62 bits per heavy atom. The molecular weight excluding hydrogens is 312 g/mol. The second-order valence-electron chi connectivity index (χ2n) is 4.89. The van der Waals surface area contributed by atoms with Gasteiger partial charge in [0, 0.05) is 11.9 Å². The fourth-order valence-corrected chi connectivity index (χ4v) is 3.67. The molecule has 0 radical (unpaired) electrons. The molecule has 1 aromatic rings. The lowest BCUT2D eigenvalue weighted by Gasteiger charge is -2.17. The molecule has 2 N–H and O–H groups in total. The molecule has 1 aliphatic rings. The van der Waals surface area contributed by atoms with Crippen LogP contribution in [0.2, 0.25) is 5.02 Å². The second kappa shape index (κ2) is 6.49. The molecule has 1 aromatic carbocycles. The Bertz CT molecular complexity index is 683. The number of sulfonamides is 1. The van der Waals surface area contributed by atoms with E-state index >= 15 is 0 Å². The Morgan fingerprint density at radius 1 is 1.24 bits per heavy atom. The quantitative estimate of drug-likeness (QED) is 0.888. The number of halogens is 1. The van der Waals surface area contributed by atoms with E-state index in [9.17, 15) is 13.2 Å². The summed E-state index contributed by atoms with van der Waals surface area (Å²) in [7, 11) is -3.61. The van der Waals surface area contributed by atoms with Gasteiger partial charge in [-0.2, -0.15) is 0 Å². The molecule has 0 heterocycles. The molecule has 5 nitrogen and oxygen atoms in total. The van der Waals surface area contributed by atoms with Crippen LogP contribution >= 0.6 is 11.6 Å². The Balaban J connectivity index is 2.31. The summed E-state index contributed by atoms with van der Waals surface area (Å²) < 4.78 is 27.2. The number of allylic oxidation sites excluding steroid dienone is 2. The van der Waals surface area contributed by atoms with Crippen LogP contribution in [0.5, 0.6) is 0 Å². The van der Waals surface area contributed by atoms with Gasteiger partial charge >= 0.3 is 0 Å². The number of anilines is 2. The smallest absolute Gasteiger partial charge is 0.257 e. The second-order valence-corrected chi connectivity index (χ2v) is 7.06. The largest absolute Gasteiger partial charge is 0.325 e. The monoisotopic (exact) mass is 328 g/mol. The average Bonchev–Trinajstić information content (AvgIpc) is 2.42. The van der Waals surface area contributed by atoms with Crippen molar-refractivity contribution in [3.05, 3.63) is 34.2 Å². The van der Waals surface area contributed by atoms with Gasteiger partial charge in [0.05, 0.1) is 16.3 Å². The van der Waals surface area contributed by atoms with Gasteiger partial charge in [-0.3, -0.25) is 9.52 Å². The average molecular weight is 329 g/mol. The highest BCUT2D eigenvalue weighted by Gasteiger charge is 2.20. The van der Waals surface area contributed by atoms with E-state index in [2.05, 4.69) is 10.0 Å². The van der Waals surface area contributed by atoms with E-state index in [1.54, 1.807) is 18.2 Å². The summed E-state index contributed by atoms with van der Waals surface area (Å²) in [5, 5.41) is 2.97. The topological polar surface area (TPSA) is 75.3 Å². The lowest BCUT2D eigenvalue weighted by molar-refractivity contribution is -0.114. The van der Waals surface area contributed by atoms with E-state index < -0.39 is 10.0 Å². The van der Waals surface area contributed by atoms with Crippen molar-refractivity contribution in [3.8, 4) is 0 Å². The number of nitrogens with one attached hydrogen (secondary N) is 2. The molecule has 0 saturated heterocycles. The molecule has 7 heteroatoms. The van der Waals surface area contributed by atoms with Crippen molar-refractivity contribution in [3.63, 3.8) is 0 Å². The van der Waals surface area contributed by atoms with Crippen LogP contribution in [-0.2, 0) is 14.8 Å². The summed E-state index contributed by atoms with van der Waals surface area (Å²) in [6, 6.07) is 4.63. The fraction of sp³-hybridized carbons (Fsp3) is 0.357. The molecule has 0 bridgehead atoms. The fourth-order valence-electron chi connectivity index (χ4n) is 2.16. The third-order valence-corrected chi connectivity index (χ3v) is 4.92. The summed E-state index contributed by atoms with van der Waals surface area (Å²) in [6.45, 7) is 1.36. The minimum Gasteiger partial charge on any atom is -0.325 e. The normalized spacial score (nSPS) is 15.2. The highest BCUT2D eigenvalue weighted by Crippen LogP contribution is 2.30. The first-order valence-electron chi connectivity index (χ1n) is 6.67. The molecule has 2 rings (SSSR count). The predicted molar refractivity (Wildman–Crippen MR) is 84.8 cm³/mol. The maximum Gasteiger partial charge on any atom is 0.257 e. The Morgan fingerprint density at radius 2 is 2.00 bits per heavy atom. The van der Waals surface area contributed by atoms with Gasteiger partial charge in [-0.15, -0.1) is 0 Å². The molecule has 0 saturated carbocycles. The van der Waals surface area contributed by atoms with Gasteiger partial charge < -0.3 is 5.32 Å². The number of benzene rings is 1. The van der Waals surface area contributed by atoms with Gasteiger partial charge in [0.1, 0.15) is 0 Å². The van der Waals surface area contributed by atoms with Crippen molar-refractivity contribution in [1.82, 2.24) is 0 Å². The molecule has 1 amide bonds. The van der Waals surface area contributed by atoms with E-state index in [1.807, 2.05) is 0 Å². The van der Waals surface area contributed by atoms with E-state index in [-0.39, 0.29) is 11.6 Å². The predicted octanol–water partition coefficient (Wildman–Crippen LogP) is 3.50. The van der Waals surface area contributed by atoms with Gasteiger partial charge in [0.15, 0.2) is 0 Å². The molecule has 0 fully saturated rings. The number of amides is 1. The summed E-state index contributed by atoms with van der Waals surface area (Å²) in [5.74, 6) is -0.283. The number of rotatable bonds is 4. The van der Waals surface area contributed by atoms with Crippen LogP contribution in [0.3, 0.4) is 0 Å². The van der Waals surface area contributed by atoms with Crippen LogP contribution in [0.25, 0.3) is 0 Å². The lowest BCUT2D eigenvalue weighted by Crippen LogP contribution is -2.18. The lowest BCUT2D eigenvalue weighted by atomic mass is 10.1. The van der Waals surface area contributed by atoms with Crippen LogP contribution < -0.4 is 10.0 Å². The molecule has 0 aromatic heterocycles. The van der Waals surface area contributed by atoms with Crippen LogP contribution in [0.15, 0.2) is 29.2 Å². The molecule has 114 valence electrons. The third kappa shape index (κ3) is 4.22. The van der Waals surface area contributed by atoms with E-state index in [0.29, 0.717) is 22.0 Å². The molecule has 1 aliphatic carbocycles. The van der Waals surface area contributed by atoms with Crippen LogP contribution in [0.4, 0.5) is 11.4 Å². The maximum absolute atomic E-state index is 12.4. The zero-order valence-electron chi connectivity index (χ0n) is 11.6. The standard InChI is InChI=1S/C14H17ClN2O3S/c1-10(18)16-13-8-7-11(15)9-14(13)17-21(19,20)12-5-3-2-4-6-12/h5,7-9,17H,2-4,6H2,1H3,(H,16,18). The molecule has 0 unspecified atom stereocenters. The summed E-state index contributed by atoms with van der Waals surface area (Å²) in [4.78, 5) is 11.6. The minimum atomic E-state index is -3.61. The zero-order chi connectivity index (χ0) is 15.5. The first-order chi connectivity index (χ1) is 9.88. The van der Waals surface area contributed by atoms with Gasteiger partial charge in [-0.25, -0.2) is 8.42 Å². The number of hydrogen-bond acceptors (Lipinski definition) is 3. The van der Waals surface area contributed by atoms with Crippen molar-refractivity contribution in [2.24, 2.45) is 0 Å². The number of carbonyl (C=O) groups is 1. The molecular formula is C14H17ClN2O3S. The van der Waals surface area contributed by atoms with Gasteiger partial charge in [-0.05, 0) is 43.9 Å². The number of hydrogen-bond donors (Lipinski definition) is 2. The minimum absolute atomic E-state index is 0.268. The first kappa shape index (κ1) is 15.9. The van der Waals surface area contributed by atoms with E-state index in [1.165, 1.54) is 13.0 Å². The van der Waals surface area contributed by atoms with Crippen LogP contribution in [-0.4, -0.2) is 14.3 Å².